The fourth-order valence-corrected chi connectivity index (χ4v) is 5.11. The van der Waals surface area contributed by atoms with E-state index in [1.54, 1.807) is 35.7 Å². The summed E-state index contributed by atoms with van der Waals surface area (Å²) in [6, 6.07) is 3.61. The second-order valence-corrected chi connectivity index (χ2v) is 9.93. The highest BCUT2D eigenvalue weighted by Crippen LogP contribution is 2.41. The number of ether oxygens (including phenoxy) is 1. The van der Waals surface area contributed by atoms with E-state index in [9.17, 15) is 4.79 Å². The molecule has 1 atom stereocenters. The number of hydrogen-bond donors (Lipinski definition) is 3. The van der Waals surface area contributed by atoms with Crippen LogP contribution in [0.1, 0.15) is 50.1 Å². The summed E-state index contributed by atoms with van der Waals surface area (Å²) >= 11 is 1.77. The maximum Gasteiger partial charge on any atom is 0.209 e. The van der Waals surface area contributed by atoms with Gasteiger partial charge in [-0.1, -0.05) is 6.92 Å². The maximum atomic E-state index is 9.66. The fourth-order valence-electron chi connectivity index (χ4n) is 3.76. The van der Waals surface area contributed by atoms with E-state index in [-0.39, 0.29) is 6.10 Å². The molecule has 0 spiro atoms. The van der Waals surface area contributed by atoms with Gasteiger partial charge in [0.1, 0.15) is 22.7 Å². The lowest BCUT2D eigenvalue weighted by atomic mass is 9.89. The minimum Gasteiger partial charge on any atom is -0.489 e. The first-order valence-electron chi connectivity index (χ1n) is 11.6. The van der Waals surface area contributed by atoms with Gasteiger partial charge < -0.3 is 26.1 Å². The van der Waals surface area contributed by atoms with E-state index in [1.807, 2.05) is 26.8 Å². The lowest BCUT2D eigenvalue weighted by Gasteiger charge is -2.19. The van der Waals surface area contributed by atoms with Crippen molar-refractivity contribution in [1.29, 1.82) is 5.41 Å². The molecule has 0 saturated carbocycles. The number of benzene rings is 1. The number of hydrogen-bond acceptors (Lipinski definition) is 8. The Balaban J connectivity index is 0.000000481. The van der Waals surface area contributed by atoms with Crippen molar-refractivity contribution in [3.05, 3.63) is 34.5 Å². The van der Waals surface area contributed by atoms with Crippen LogP contribution >= 0.6 is 11.3 Å². The van der Waals surface area contributed by atoms with Crippen LogP contribution in [0.4, 0.5) is 17.2 Å². The smallest absolute Gasteiger partial charge is 0.209 e. The van der Waals surface area contributed by atoms with Gasteiger partial charge >= 0.3 is 0 Å². The van der Waals surface area contributed by atoms with Crippen molar-refractivity contribution < 1.29 is 9.53 Å². The largest absolute Gasteiger partial charge is 0.489 e. The van der Waals surface area contributed by atoms with Gasteiger partial charge in [-0.3, -0.25) is 4.79 Å². The van der Waals surface area contributed by atoms with Gasteiger partial charge in [0, 0.05) is 42.0 Å². The molecule has 0 bridgehead atoms. The molecule has 9 heteroatoms. The Morgan fingerprint density at radius 3 is 2.76 bits per heavy atom. The Kier molecular flexibility index (Phi) is 8.44. The van der Waals surface area contributed by atoms with Crippen molar-refractivity contribution in [2.45, 2.75) is 53.1 Å². The second-order valence-electron chi connectivity index (χ2n) is 8.85. The van der Waals surface area contributed by atoms with Crippen molar-refractivity contribution >= 4 is 51.4 Å². The molecule has 0 fully saturated rings. The molecule has 182 valence electrons. The van der Waals surface area contributed by atoms with E-state index in [0.29, 0.717) is 22.9 Å². The molecule has 1 amide bonds. The van der Waals surface area contributed by atoms with Crippen LogP contribution in [0, 0.1) is 11.3 Å². The molecule has 4 N–H and O–H groups in total. The molecule has 0 aliphatic heterocycles. The molecule has 2 aromatic heterocycles. The van der Waals surface area contributed by atoms with Gasteiger partial charge in [-0.25, -0.2) is 9.97 Å². The number of carbonyl (C=O) groups excluding carboxylic acids is 1. The molecule has 3 aromatic rings. The molecule has 2 heterocycles. The standard InChI is InChI=1S/C21H25N5OS.C4H9NO/c1-11(2)27-17-8-15(23)13(9-22)7-16(17)26-20-19-14-5-4-12(3)6-18(14)28-21(19)25-10-24-20;1-3-5(2)4-6/h7-12,22H,4-6,23H2,1-3H3,(H,24,25,26);4H,3H2,1-2H3. The summed E-state index contributed by atoms with van der Waals surface area (Å²) in [5.74, 6) is 2.15. The molecular weight excluding hydrogens is 448 g/mol. The quantitative estimate of drug-likeness (QED) is 0.247. The first kappa shape index (κ1) is 25.4. The zero-order valence-corrected chi connectivity index (χ0v) is 21.3. The predicted molar refractivity (Wildman–Crippen MR) is 141 cm³/mol. The van der Waals surface area contributed by atoms with Crippen molar-refractivity contribution in [3.8, 4) is 5.75 Å². The third-order valence-electron chi connectivity index (χ3n) is 5.73. The summed E-state index contributed by atoms with van der Waals surface area (Å²) in [5.41, 5.74) is 9.35. The minimum atomic E-state index is 0.00611. The molecule has 1 aliphatic rings. The number of thiophene rings is 1. The topological polar surface area (TPSA) is 117 Å². The van der Waals surface area contributed by atoms with Crippen LogP contribution in [0.3, 0.4) is 0 Å². The van der Waals surface area contributed by atoms with Crippen LogP contribution in [0.2, 0.25) is 0 Å². The number of anilines is 3. The summed E-state index contributed by atoms with van der Waals surface area (Å²) < 4.78 is 5.96. The van der Waals surface area contributed by atoms with Gasteiger partial charge in [-0.2, -0.15) is 0 Å². The van der Waals surface area contributed by atoms with E-state index < -0.39 is 0 Å². The monoisotopic (exact) mass is 482 g/mol. The summed E-state index contributed by atoms with van der Waals surface area (Å²) in [6.45, 7) is 8.98. The number of nitrogens with one attached hydrogen (secondary N) is 2. The molecule has 1 aliphatic carbocycles. The number of carbonyl (C=O) groups is 1. The van der Waals surface area contributed by atoms with Crippen molar-refractivity contribution in [3.63, 3.8) is 0 Å². The van der Waals surface area contributed by atoms with Gasteiger partial charge in [0.15, 0.2) is 0 Å². The molecule has 1 unspecified atom stereocenters. The van der Waals surface area contributed by atoms with Gasteiger partial charge in [0.05, 0.1) is 17.2 Å². The average Bonchev–Trinajstić information content (AvgIpc) is 3.18. The molecule has 1 aromatic carbocycles. The van der Waals surface area contributed by atoms with Gasteiger partial charge in [0.2, 0.25) is 6.41 Å². The molecule has 8 nitrogen and oxygen atoms in total. The SMILES string of the molecule is CC1CCc2c(sc3ncnc(Nc4cc(C=N)c(N)cc4OC(C)C)c23)C1.CCN(C)C=O. The van der Waals surface area contributed by atoms with Crippen LogP contribution in [-0.2, 0) is 17.6 Å². The highest BCUT2D eigenvalue weighted by Gasteiger charge is 2.23. The summed E-state index contributed by atoms with van der Waals surface area (Å²) in [4.78, 5) is 22.7. The zero-order valence-electron chi connectivity index (χ0n) is 20.5. The van der Waals surface area contributed by atoms with E-state index in [4.69, 9.17) is 15.9 Å². The number of rotatable bonds is 7. The molecule has 34 heavy (non-hydrogen) atoms. The summed E-state index contributed by atoms with van der Waals surface area (Å²) in [5, 5.41) is 12.2. The number of amides is 1. The van der Waals surface area contributed by atoms with Gasteiger partial charge in [-0.05, 0) is 57.6 Å². The predicted octanol–water partition coefficient (Wildman–Crippen LogP) is 5.02. The van der Waals surface area contributed by atoms with E-state index in [2.05, 4.69) is 22.2 Å². The lowest BCUT2D eigenvalue weighted by molar-refractivity contribution is -0.116. The summed E-state index contributed by atoms with van der Waals surface area (Å²) in [7, 11) is 1.74. The summed E-state index contributed by atoms with van der Waals surface area (Å²) in [6.07, 6.45) is 7.02. The molecule has 0 saturated heterocycles. The van der Waals surface area contributed by atoms with E-state index in [1.165, 1.54) is 23.1 Å². The Bertz CT molecular complexity index is 1160. The maximum absolute atomic E-state index is 9.66. The van der Waals surface area contributed by atoms with Gasteiger partial charge in [0.25, 0.3) is 0 Å². The zero-order chi connectivity index (χ0) is 24.8. The Hall–Kier alpha value is -3.20. The van der Waals surface area contributed by atoms with E-state index >= 15 is 0 Å². The van der Waals surface area contributed by atoms with Crippen LogP contribution in [-0.4, -0.2) is 47.2 Å². The molecule has 0 radical (unpaired) electrons. The first-order chi connectivity index (χ1) is 16.3. The van der Waals surface area contributed by atoms with Crippen LogP contribution in [0.5, 0.6) is 5.75 Å². The third kappa shape index (κ3) is 5.83. The van der Waals surface area contributed by atoms with Crippen molar-refractivity contribution in [1.82, 2.24) is 14.9 Å². The second kappa shape index (κ2) is 11.3. The number of nitrogens with two attached hydrogens (primary N) is 1. The average molecular weight is 483 g/mol. The van der Waals surface area contributed by atoms with Crippen LogP contribution in [0.25, 0.3) is 10.2 Å². The number of aromatic nitrogens is 2. The van der Waals surface area contributed by atoms with Crippen molar-refractivity contribution in [2.75, 3.05) is 24.6 Å². The number of aryl methyl sites for hydroxylation is 1. The minimum absolute atomic E-state index is 0.00611. The Morgan fingerprint density at radius 2 is 2.15 bits per heavy atom. The van der Waals surface area contributed by atoms with Crippen LogP contribution < -0.4 is 15.8 Å². The Labute approximate surface area is 205 Å². The lowest BCUT2D eigenvalue weighted by Crippen LogP contribution is -2.13. The first-order valence-corrected chi connectivity index (χ1v) is 12.4. The number of nitrogens with zero attached hydrogens (tertiary/aromatic N) is 3. The van der Waals surface area contributed by atoms with Crippen LogP contribution in [0.15, 0.2) is 18.5 Å². The molecular formula is C25H34N6O2S. The number of fused-ring (bicyclic) bond motifs is 3. The molecule has 4 rings (SSSR count). The van der Waals surface area contributed by atoms with Crippen molar-refractivity contribution in [2.24, 2.45) is 5.92 Å². The fraction of sp³-hybridized carbons (Fsp3) is 0.440. The third-order valence-corrected chi connectivity index (χ3v) is 6.89. The number of nitrogen functional groups attached to an aromatic ring is 1. The highest BCUT2D eigenvalue weighted by molar-refractivity contribution is 7.19. The van der Waals surface area contributed by atoms with E-state index in [0.717, 1.165) is 47.5 Å². The Morgan fingerprint density at radius 1 is 1.38 bits per heavy atom. The highest BCUT2D eigenvalue weighted by atomic mass is 32.1. The normalized spacial score (nSPS) is 14.7. The van der Waals surface area contributed by atoms with Gasteiger partial charge in [-0.15, -0.1) is 11.3 Å².